The highest BCUT2D eigenvalue weighted by Gasteiger charge is 2.10. The molecule has 0 aromatic heterocycles. The number of ether oxygens (including phenoxy) is 2. The Bertz CT molecular complexity index is 404. The maximum absolute atomic E-state index is 8.45. The SMILES string of the molecule is C=CCOc1c(Br)cc(C=NO)cc1OC. The lowest BCUT2D eigenvalue weighted by Gasteiger charge is -2.11. The van der Waals surface area contributed by atoms with E-state index in [0.29, 0.717) is 23.7 Å². The van der Waals surface area contributed by atoms with Crippen LogP contribution in [0.1, 0.15) is 5.56 Å². The van der Waals surface area contributed by atoms with Gasteiger partial charge in [-0.2, -0.15) is 0 Å². The van der Waals surface area contributed by atoms with Crippen molar-refractivity contribution in [3.05, 3.63) is 34.8 Å². The largest absolute Gasteiger partial charge is 0.493 e. The predicted octanol–water partition coefficient (Wildman–Crippen LogP) is 2.83. The van der Waals surface area contributed by atoms with Crippen molar-refractivity contribution in [1.82, 2.24) is 0 Å². The number of hydrogen-bond donors (Lipinski definition) is 1. The van der Waals surface area contributed by atoms with E-state index in [9.17, 15) is 0 Å². The lowest BCUT2D eigenvalue weighted by Crippen LogP contribution is -1.98. The van der Waals surface area contributed by atoms with Gasteiger partial charge in [0.15, 0.2) is 11.5 Å². The molecule has 0 unspecified atom stereocenters. The summed E-state index contributed by atoms with van der Waals surface area (Å²) in [5, 5.41) is 11.4. The predicted molar refractivity (Wildman–Crippen MR) is 65.8 cm³/mol. The molecule has 1 rings (SSSR count). The van der Waals surface area contributed by atoms with Crippen LogP contribution in [0, 0.1) is 0 Å². The highest BCUT2D eigenvalue weighted by Crippen LogP contribution is 2.36. The number of hydrogen-bond acceptors (Lipinski definition) is 4. The summed E-state index contributed by atoms with van der Waals surface area (Å²) >= 11 is 3.36. The molecular formula is C11H12BrNO3. The molecule has 5 heteroatoms. The summed E-state index contributed by atoms with van der Waals surface area (Å²) in [5.74, 6) is 1.16. The van der Waals surface area contributed by atoms with Gasteiger partial charge in [0.05, 0.1) is 17.8 Å². The molecule has 0 radical (unpaired) electrons. The lowest BCUT2D eigenvalue weighted by atomic mass is 10.2. The van der Waals surface area contributed by atoms with E-state index >= 15 is 0 Å². The summed E-state index contributed by atoms with van der Waals surface area (Å²) in [4.78, 5) is 0. The van der Waals surface area contributed by atoms with E-state index in [4.69, 9.17) is 14.7 Å². The van der Waals surface area contributed by atoms with E-state index in [2.05, 4.69) is 27.7 Å². The summed E-state index contributed by atoms with van der Waals surface area (Å²) in [6, 6.07) is 3.48. The molecule has 1 aromatic carbocycles. The van der Waals surface area contributed by atoms with Crippen molar-refractivity contribution in [2.24, 2.45) is 5.16 Å². The number of methoxy groups -OCH3 is 1. The fourth-order valence-electron chi connectivity index (χ4n) is 1.16. The molecule has 0 saturated heterocycles. The third kappa shape index (κ3) is 3.00. The minimum atomic E-state index is 0.391. The summed E-state index contributed by atoms with van der Waals surface area (Å²) < 4.78 is 11.3. The van der Waals surface area contributed by atoms with Crippen LogP contribution in [0.5, 0.6) is 11.5 Å². The van der Waals surface area contributed by atoms with Crippen molar-refractivity contribution in [3.8, 4) is 11.5 Å². The second kappa shape index (κ2) is 6.17. The van der Waals surface area contributed by atoms with Gasteiger partial charge in [-0.05, 0) is 28.1 Å². The van der Waals surface area contributed by atoms with Crippen LogP contribution >= 0.6 is 15.9 Å². The third-order valence-electron chi connectivity index (χ3n) is 1.80. The van der Waals surface area contributed by atoms with Crippen LogP contribution in [0.4, 0.5) is 0 Å². The van der Waals surface area contributed by atoms with Crippen molar-refractivity contribution < 1.29 is 14.7 Å². The number of nitrogens with zero attached hydrogens (tertiary/aromatic N) is 1. The van der Waals surface area contributed by atoms with Crippen LogP contribution in [0.15, 0.2) is 34.4 Å². The van der Waals surface area contributed by atoms with Gasteiger partial charge in [0, 0.05) is 5.56 Å². The second-order valence-electron chi connectivity index (χ2n) is 2.88. The zero-order valence-corrected chi connectivity index (χ0v) is 10.4. The Labute approximate surface area is 102 Å². The van der Waals surface area contributed by atoms with Gasteiger partial charge >= 0.3 is 0 Å². The maximum atomic E-state index is 8.45. The van der Waals surface area contributed by atoms with Crippen molar-refractivity contribution in [2.45, 2.75) is 0 Å². The van der Waals surface area contributed by atoms with Gasteiger partial charge < -0.3 is 14.7 Å². The molecule has 1 N–H and O–H groups in total. The van der Waals surface area contributed by atoms with Crippen molar-refractivity contribution in [2.75, 3.05) is 13.7 Å². The molecule has 0 saturated carbocycles. The summed E-state index contributed by atoms with van der Waals surface area (Å²) in [6.07, 6.45) is 2.96. The molecule has 0 bridgehead atoms. The zero-order chi connectivity index (χ0) is 12.0. The fourth-order valence-corrected chi connectivity index (χ4v) is 1.74. The Morgan fingerprint density at radius 3 is 2.88 bits per heavy atom. The fraction of sp³-hybridized carbons (Fsp3) is 0.182. The van der Waals surface area contributed by atoms with E-state index in [0.717, 1.165) is 4.47 Å². The number of benzene rings is 1. The lowest BCUT2D eigenvalue weighted by molar-refractivity contribution is 0.321. The second-order valence-corrected chi connectivity index (χ2v) is 3.73. The molecular weight excluding hydrogens is 274 g/mol. The Kier molecular flexibility index (Phi) is 4.85. The molecule has 86 valence electrons. The van der Waals surface area contributed by atoms with Gasteiger partial charge in [-0.1, -0.05) is 17.8 Å². The van der Waals surface area contributed by atoms with Crippen LogP contribution in [0.25, 0.3) is 0 Å². The highest BCUT2D eigenvalue weighted by atomic mass is 79.9. The van der Waals surface area contributed by atoms with Crippen LogP contribution in [-0.2, 0) is 0 Å². The minimum Gasteiger partial charge on any atom is -0.493 e. The molecule has 0 amide bonds. The number of oxime groups is 1. The van der Waals surface area contributed by atoms with Crippen LogP contribution < -0.4 is 9.47 Å². The van der Waals surface area contributed by atoms with Crippen molar-refractivity contribution in [1.29, 1.82) is 0 Å². The molecule has 0 aliphatic heterocycles. The Hall–Kier alpha value is -1.49. The van der Waals surface area contributed by atoms with Gasteiger partial charge in [0.2, 0.25) is 0 Å². The van der Waals surface area contributed by atoms with E-state index in [1.807, 2.05) is 0 Å². The topological polar surface area (TPSA) is 51.0 Å². The van der Waals surface area contributed by atoms with Crippen LogP contribution in [0.3, 0.4) is 0 Å². The number of rotatable bonds is 5. The Balaban J connectivity index is 3.11. The standard InChI is InChI=1S/C11H12BrNO3/c1-3-4-16-11-9(12)5-8(7-13-14)6-10(11)15-2/h3,5-7,14H,1,4H2,2H3. The first-order chi connectivity index (χ1) is 7.72. The van der Waals surface area contributed by atoms with Gasteiger partial charge in [-0.3, -0.25) is 0 Å². The van der Waals surface area contributed by atoms with E-state index in [1.165, 1.54) is 6.21 Å². The number of halogens is 1. The van der Waals surface area contributed by atoms with Gasteiger partial charge in [0.1, 0.15) is 6.61 Å². The summed E-state index contributed by atoms with van der Waals surface area (Å²) in [6.45, 7) is 3.96. The highest BCUT2D eigenvalue weighted by molar-refractivity contribution is 9.10. The maximum Gasteiger partial charge on any atom is 0.175 e. The van der Waals surface area contributed by atoms with E-state index in [1.54, 1.807) is 25.3 Å². The molecule has 0 atom stereocenters. The van der Waals surface area contributed by atoms with E-state index < -0.39 is 0 Å². The van der Waals surface area contributed by atoms with Gasteiger partial charge in [-0.25, -0.2) is 0 Å². The van der Waals surface area contributed by atoms with Gasteiger partial charge in [0.25, 0.3) is 0 Å². The van der Waals surface area contributed by atoms with Crippen molar-refractivity contribution in [3.63, 3.8) is 0 Å². The molecule has 4 nitrogen and oxygen atoms in total. The zero-order valence-electron chi connectivity index (χ0n) is 8.81. The first-order valence-electron chi connectivity index (χ1n) is 4.51. The molecule has 16 heavy (non-hydrogen) atoms. The molecule has 0 aliphatic rings. The van der Waals surface area contributed by atoms with Crippen LogP contribution in [-0.4, -0.2) is 25.1 Å². The molecule has 0 heterocycles. The average molecular weight is 286 g/mol. The van der Waals surface area contributed by atoms with E-state index in [-0.39, 0.29) is 0 Å². The smallest absolute Gasteiger partial charge is 0.175 e. The Morgan fingerprint density at radius 2 is 2.31 bits per heavy atom. The van der Waals surface area contributed by atoms with Crippen molar-refractivity contribution >= 4 is 22.1 Å². The van der Waals surface area contributed by atoms with Gasteiger partial charge in [-0.15, -0.1) is 0 Å². The summed E-state index contributed by atoms with van der Waals surface area (Å²) in [7, 11) is 1.54. The molecule has 0 spiro atoms. The normalized spacial score (nSPS) is 10.4. The molecule has 0 fully saturated rings. The third-order valence-corrected chi connectivity index (χ3v) is 2.39. The first-order valence-corrected chi connectivity index (χ1v) is 5.31. The average Bonchev–Trinajstić information content (AvgIpc) is 2.27. The quantitative estimate of drug-likeness (QED) is 0.392. The first kappa shape index (κ1) is 12.6. The molecule has 1 aromatic rings. The Morgan fingerprint density at radius 1 is 1.56 bits per heavy atom. The molecule has 0 aliphatic carbocycles. The van der Waals surface area contributed by atoms with Crippen LogP contribution in [0.2, 0.25) is 0 Å². The minimum absolute atomic E-state index is 0.391. The summed E-state index contributed by atoms with van der Waals surface area (Å²) in [5.41, 5.74) is 0.706. The monoisotopic (exact) mass is 285 g/mol.